The zero-order valence-corrected chi connectivity index (χ0v) is 51.8. The van der Waals surface area contributed by atoms with Crippen LogP contribution in [-0.4, -0.2) is 0 Å². The van der Waals surface area contributed by atoms with E-state index in [2.05, 4.69) is 371 Å². The average Bonchev–Trinajstić information content (AvgIpc) is 3.64. The lowest BCUT2D eigenvalue weighted by atomic mass is 9.86. The summed E-state index contributed by atoms with van der Waals surface area (Å²) in [7, 11) is 0. The van der Waals surface area contributed by atoms with Crippen LogP contribution in [0.3, 0.4) is 0 Å². The molecule has 0 aliphatic rings. The minimum Gasteiger partial charge on any atom is -0.311 e. The van der Waals surface area contributed by atoms with Gasteiger partial charge in [-0.25, -0.2) is 0 Å². The molecule has 0 aliphatic carbocycles. The smallest absolute Gasteiger partial charge is 0.0463 e. The van der Waals surface area contributed by atoms with Gasteiger partial charge in [-0.15, -0.1) is 0 Å². The maximum atomic E-state index is 2.36. The number of anilines is 9. The summed E-state index contributed by atoms with van der Waals surface area (Å²) in [5.74, 6) is 0. The van der Waals surface area contributed by atoms with E-state index in [1.54, 1.807) is 0 Å². The summed E-state index contributed by atoms with van der Waals surface area (Å²) in [5, 5.41) is 0. The molecule has 0 aromatic heterocycles. The Morgan fingerprint density at radius 3 is 0.435 bits per heavy atom. The maximum Gasteiger partial charge on any atom is 0.0463 e. The van der Waals surface area contributed by atoms with Gasteiger partial charge in [0.15, 0.2) is 0 Å². The van der Waals surface area contributed by atoms with Gasteiger partial charge in [0.05, 0.1) is 0 Å². The highest BCUT2D eigenvalue weighted by Gasteiger charge is 2.22. The van der Waals surface area contributed by atoms with Gasteiger partial charge in [-0.1, -0.05) is 247 Å². The van der Waals surface area contributed by atoms with E-state index in [0.717, 1.165) is 51.2 Å². The van der Waals surface area contributed by atoms with Gasteiger partial charge in [0.1, 0.15) is 0 Å². The molecule has 11 aromatic rings. The number of hydrogen-bond acceptors (Lipinski definition) is 3. The molecule has 0 heterocycles. The maximum absolute atomic E-state index is 2.36. The van der Waals surface area contributed by atoms with E-state index in [9.17, 15) is 0 Å². The summed E-state index contributed by atoms with van der Waals surface area (Å²) in [6, 6.07) is 101. The minimum atomic E-state index is 0.0960. The van der Waals surface area contributed by atoms with Crippen LogP contribution >= 0.6 is 0 Å². The van der Waals surface area contributed by atoms with Crippen molar-refractivity contribution in [1.82, 2.24) is 0 Å². The molecule has 0 atom stereocenters. The summed E-state index contributed by atoms with van der Waals surface area (Å²) in [6.07, 6.45) is 0. The summed E-state index contributed by atoms with van der Waals surface area (Å²) in [4.78, 5) is 7.08. The van der Waals surface area contributed by atoms with Crippen LogP contribution < -0.4 is 14.7 Å². The molecule has 85 heavy (non-hydrogen) atoms. The number of hydrogen-bond donors (Lipinski definition) is 0. The van der Waals surface area contributed by atoms with Crippen molar-refractivity contribution in [3.63, 3.8) is 0 Å². The second-order valence-corrected chi connectivity index (χ2v) is 26.9. The first-order chi connectivity index (χ1) is 40.6. The molecule has 0 unspecified atom stereocenters. The Morgan fingerprint density at radius 1 is 0.153 bits per heavy atom. The molecule has 0 radical (unpaired) electrons. The van der Waals surface area contributed by atoms with Crippen LogP contribution in [0.4, 0.5) is 51.2 Å². The average molecular weight is 1110 g/mol. The van der Waals surface area contributed by atoms with E-state index in [1.807, 2.05) is 0 Å². The van der Waals surface area contributed by atoms with Crippen molar-refractivity contribution in [3.8, 4) is 44.5 Å². The highest BCUT2D eigenvalue weighted by Crippen LogP contribution is 2.43. The second-order valence-electron chi connectivity index (χ2n) is 26.9. The first kappa shape index (κ1) is 57.6. The van der Waals surface area contributed by atoms with E-state index in [4.69, 9.17) is 0 Å². The van der Waals surface area contributed by atoms with Crippen LogP contribution in [0.15, 0.2) is 273 Å². The van der Waals surface area contributed by atoms with Gasteiger partial charge in [-0.3, -0.25) is 0 Å². The third-order valence-electron chi connectivity index (χ3n) is 16.6. The third kappa shape index (κ3) is 13.0. The third-order valence-corrected chi connectivity index (χ3v) is 16.6. The van der Waals surface area contributed by atoms with Crippen molar-refractivity contribution in [1.29, 1.82) is 0 Å². The van der Waals surface area contributed by atoms with Gasteiger partial charge in [-0.2, -0.15) is 0 Å². The molecule has 3 nitrogen and oxygen atoms in total. The summed E-state index contributed by atoms with van der Waals surface area (Å²) >= 11 is 0. The molecule has 0 aliphatic heterocycles. The molecule has 11 aromatic carbocycles. The molecule has 0 spiro atoms. The van der Waals surface area contributed by atoms with Gasteiger partial charge < -0.3 is 14.7 Å². The molecule has 0 amide bonds. The van der Waals surface area contributed by atoms with Gasteiger partial charge in [0.2, 0.25) is 0 Å². The van der Waals surface area contributed by atoms with E-state index in [-0.39, 0.29) is 21.7 Å². The first-order valence-electron chi connectivity index (χ1n) is 30.1. The van der Waals surface area contributed by atoms with E-state index in [1.165, 1.54) is 66.8 Å². The van der Waals surface area contributed by atoms with Crippen molar-refractivity contribution in [3.05, 3.63) is 295 Å². The zero-order valence-electron chi connectivity index (χ0n) is 51.8. The lowest BCUT2D eigenvalue weighted by Crippen LogP contribution is -2.13. The highest BCUT2D eigenvalue weighted by atomic mass is 15.2. The van der Waals surface area contributed by atoms with Crippen molar-refractivity contribution in [2.24, 2.45) is 0 Å². The largest absolute Gasteiger partial charge is 0.311 e. The topological polar surface area (TPSA) is 9.72 Å². The Labute approximate surface area is 507 Å². The predicted molar refractivity (Wildman–Crippen MR) is 367 cm³/mol. The Morgan fingerprint density at radius 2 is 0.282 bits per heavy atom. The highest BCUT2D eigenvalue weighted by molar-refractivity contribution is 5.85. The monoisotopic (exact) mass is 1110 g/mol. The lowest BCUT2D eigenvalue weighted by molar-refractivity contribution is 0.590. The molecule has 0 N–H and O–H groups in total. The van der Waals surface area contributed by atoms with Crippen LogP contribution in [0, 0.1) is 0 Å². The fraction of sp³-hybridized carbons (Fsp3) is 0.195. The van der Waals surface area contributed by atoms with Crippen LogP contribution in [0.25, 0.3) is 44.5 Å². The molecule has 424 valence electrons. The molecule has 11 rings (SSSR count). The van der Waals surface area contributed by atoms with Crippen LogP contribution in [0.5, 0.6) is 0 Å². The fourth-order valence-electron chi connectivity index (χ4n) is 11.3. The van der Waals surface area contributed by atoms with Crippen LogP contribution in [-0.2, 0) is 21.7 Å². The predicted octanol–water partition coefficient (Wildman–Crippen LogP) is 24.0. The number of rotatable bonds is 13. The van der Waals surface area contributed by atoms with Crippen molar-refractivity contribution in [2.45, 2.75) is 105 Å². The Hall–Kier alpha value is -9.18. The van der Waals surface area contributed by atoms with Crippen LogP contribution in [0.2, 0.25) is 0 Å². The van der Waals surface area contributed by atoms with Gasteiger partial charge in [-0.05, 0) is 198 Å². The standard InChI is InChI=1S/C82H81N3/c1-79(2,3)66-34-18-58(19-35-66)62-26-42-71(43-27-62)84(72-44-28-63(29-45-72)59-20-36-67(37-21-59)80(4,5)6)77-54-50-75(51-55-77)83(70-16-14-13-15-17-70)76-52-56-78(57-53-76)85(73-46-30-64(31-47-73)60-22-38-68(39-23-60)81(7,8)9)74-48-32-65(33-49-74)61-24-40-69(41-25-61)82(10,11)12/h13-57H,1-12H3. The molecule has 3 heteroatoms. The SMILES string of the molecule is CC(C)(C)c1ccc(-c2ccc(N(c3ccc(-c4ccc(C(C)(C)C)cc4)cc3)c3ccc(N(c4ccccc4)c4ccc(N(c5ccc(-c6ccc(C(C)(C)C)cc6)cc5)c5ccc(-c6ccc(C(C)(C)C)cc6)cc5)cc4)cc3)cc2)cc1. The second kappa shape index (κ2) is 23.5. The number of para-hydroxylation sites is 1. The molecular weight excluding hydrogens is 1030 g/mol. The summed E-state index contributed by atoms with van der Waals surface area (Å²) < 4.78 is 0. The van der Waals surface area contributed by atoms with Gasteiger partial charge in [0.25, 0.3) is 0 Å². The molecular formula is C82H81N3. The summed E-state index contributed by atoms with van der Waals surface area (Å²) in [6.45, 7) is 27.2. The van der Waals surface area contributed by atoms with Crippen molar-refractivity contribution in [2.75, 3.05) is 14.7 Å². The Kier molecular flexibility index (Phi) is 15.9. The van der Waals surface area contributed by atoms with E-state index < -0.39 is 0 Å². The van der Waals surface area contributed by atoms with Crippen molar-refractivity contribution < 1.29 is 0 Å². The molecule has 0 bridgehead atoms. The van der Waals surface area contributed by atoms with Crippen molar-refractivity contribution >= 4 is 51.2 Å². The quantitative estimate of drug-likeness (QED) is 0.114. The number of benzene rings is 11. The molecule has 0 saturated carbocycles. The molecule has 0 saturated heterocycles. The fourth-order valence-corrected chi connectivity index (χ4v) is 11.3. The van der Waals surface area contributed by atoms with Crippen LogP contribution in [0.1, 0.15) is 105 Å². The Bertz CT molecular complexity index is 3510. The van der Waals surface area contributed by atoms with E-state index in [0.29, 0.717) is 0 Å². The lowest BCUT2D eigenvalue weighted by Gasteiger charge is -2.29. The normalized spacial score (nSPS) is 12.0. The van der Waals surface area contributed by atoms with Gasteiger partial charge >= 0.3 is 0 Å². The van der Waals surface area contributed by atoms with E-state index >= 15 is 0 Å². The van der Waals surface area contributed by atoms with Gasteiger partial charge in [0, 0.05) is 51.2 Å². The first-order valence-corrected chi connectivity index (χ1v) is 30.1. The molecule has 0 fully saturated rings. The number of nitrogens with zero attached hydrogens (tertiary/aromatic N) is 3. The Balaban J connectivity index is 0.933. The minimum absolute atomic E-state index is 0.0960. The summed E-state index contributed by atoms with van der Waals surface area (Å²) in [5.41, 5.74) is 24.9. The zero-order chi connectivity index (χ0) is 59.7.